The molecule has 1 aromatic heterocycles. The second-order valence-electron chi connectivity index (χ2n) is 8.47. The predicted octanol–water partition coefficient (Wildman–Crippen LogP) is 3.73. The van der Waals surface area contributed by atoms with Crippen molar-refractivity contribution in [2.24, 2.45) is 0 Å². The first-order valence-corrected chi connectivity index (χ1v) is 12.4. The van der Waals surface area contributed by atoms with Gasteiger partial charge in [0.2, 0.25) is 10.0 Å². The summed E-state index contributed by atoms with van der Waals surface area (Å²) in [5.74, 6) is -0.403. The van der Waals surface area contributed by atoms with E-state index in [1.807, 2.05) is 55.1 Å². The van der Waals surface area contributed by atoms with Gasteiger partial charge in [-0.15, -0.1) is 0 Å². The van der Waals surface area contributed by atoms with Crippen molar-refractivity contribution in [1.82, 2.24) is 13.8 Å². The molecule has 8 heteroatoms. The molecular weight excluding hydrogens is 441 g/mol. The van der Waals surface area contributed by atoms with Crippen LogP contribution in [-0.4, -0.2) is 60.7 Å². The number of ketones is 1. The number of hydrogen-bond donors (Lipinski definition) is 0. The molecule has 0 bridgehead atoms. The lowest BCUT2D eigenvalue weighted by Gasteiger charge is -2.33. The third-order valence-electron chi connectivity index (χ3n) is 6.21. The molecule has 174 valence electrons. The first kappa shape index (κ1) is 23.4. The van der Waals surface area contributed by atoms with Gasteiger partial charge in [0.1, 0.15) is 5.82 Å². The zero-order valence-corrected chi connectivity index (χ0v) is 19.9. The van der Waals surface area contributed by atoms with E-state index in [1.54, 1.807) is 6.92 Å². The van der Waals surface area contributed by atoms with Gasteiger partial charge in [-0.25, -0.2) is 12.8 Å². The zero-order valence-electron chi connectivity index (χ0n) is 19.1. The van der Waals surface area contributed by atoms with E-state index in [1.165, 1.54) is 22.5 Å². The zero-order chi connectivity index (χ0) is 23.8. The number of para-hydroxylation sites is 1. The maximum atomic E-state index is 13.5. The average Bonchev–Trinajstić information content (AvgIpc) is 3.10. The molecule has 1 aliphatic heterocycles. The maximum absolute atomic E-state index is 13.5. The number of piperazine rings is 1. The summed E-state index contributed by atoms with van der Waals surface area (Å²) in [6, 6.07) is 15.7. The van der Waals surface area contributed by atoms with Crippen LogP contribution >= 0.6 is 0 Å². The summed E-state index contributed by atoms with van der Waals surface area (Å²) in [5, 5.41) is 0. The minimum atomic E-state index is -3.69. The third-order valence-corrected chi connectivity index (χ3v) is 8.11. The summed E-state index contributed by atoms with van der Waals surface area (Å²) in [4.78, 5) is 15.2. The van der Waals surface area contributed by atoms with Crippen LogP contribution < -0.4 is 0 Å². The summed E-state index contributed by atoms with van der Waals surface area (Å²) < 4.78 is 42.9. The van der Waals surface area contributed by atoms with Gasteiger partial charge in [-0.2, -0.15) is 4.31 Å². The Morgan fingerprint density at radius 3 is 2.24 bits per heavy atom. The van der Waals surface area contributed by atoms with Gasteiger partial charge < -0.3 is 4.57 Å². The fourth-order valence-electron chi connectivity index (χ4n) is 4.36. The summed E-state index contributed by atoms with van der Waals surface area (Å²) in [6.45, 7) is 7.21. The van der Waals surface area contributed by atoms with Crippen LogP contribution in [0.3, 0.4) is 0 Å². The maximum Gasteiger partial charge on any atom is 0.243 e. The Morgan fingerprint density at radius 1 is 0.939 bits per heavy atom. The number of hydrogen-bond acceptors (Lipinski definition) is 4. The van der Waals surface area contributed by atoms with Crippen molar-refractivity contribution in [3.8, 4) is 5.69 Å². The van der Waals surface area contributed by atoms with E-state index in [0.29, 0.717) is 24.2 Å². The summed E-state index contributed by atoms with van der Waals surface area (Å²) >= 11 is 0. The van der Waals surface area contributed by atoms with Crippen LogP contribution in [-0.2, 0) is 10.0 Å². The minimum absolute atomic E-state index is 0.0238. The normalized spacial score (nSPS) is 15.6. The van der Waals surface area contributed by atoms with E-state index in [4.69, 9.17) is 0 Å². The smallest absolute Gasteiger partial charge is 0.243 e. The van der Waals surface area contributed by atoms with E-state index in [-0.39, 0.29) is 30.3 Å². The molecule has 0 spiro atoms. The van der Waals surface area contributed by atoms with Crippen LogP contribution in [0.5, 0.6) is 0 Å². The Morgan fingerprint density at radius 2 is 1.61 bits per heavy atom. The molecule has 4 rings (SSSR count). The summed E-state index contributed by atoms with van der Waals surface area (Å²) in [6.07, 6.45) is 0. The number of Topliss-reactive ketones (excluding diaryl/α,β-unsaturated/α-hetero) is 1. The number of nitrogens with zero attached hydrogens (tertiary/aromatic N) is 3. The Labute approximate surface area is 194 Å². The highest BCUT2D eigenvalue weighted by molar-refractivity contribution is 7.89. The fourth-order valence-corrected chi connectivity index (χ4v) is 5.87. The largest absolute Gasteiger partial charge is 0.318 e. The van der Waals surface area contributed by atoms with Gasteiger partial charge in [0.25, 0.3) is 0 Å². The van der Waals surface area contributed by atoms with Crippen LogP contribution in [0, 0.1) is 26.6 Å². The lowest BCUT2D eigenvalue weighted by molar-refractivity contribution is 0.0901. The molecule has 0 amide bonds. The molecule has 0 atom stereocenters. The Bertz CT molecular complexity index is 1280. The highest BCUT2D eigenvalue weighted by atomic mass is 32.2. The van der Waals surface area contributed by atoms with Crippen molar-refractivity contribution in [2.75, 3.05) is 32.7 Å². The molecular formula is C25H28FN3O3S. The standard InChI is InChI=1S/C25H28FN3O3S/c1-18-15-22(9-10-24(18)26)33(31,32)28-13-11-27(12-14-28)17-25(30)23-16-19(2)29(20(23)3)21-7-5-4-6-8-21/h4-10,15-16H,11-14,17H2,1-3H3. The van der Waals surface area contributed by atoms with Gasteiger partial charge >= 0.3 is 0 Å². The topological polar surface area (TPSA) is 62.6 Å². The van der Waals surface area contributed by atoms with E-state index in [9.17, 15) is 17.6 Å². The van der Waals surface area contributed by atoms with Crippen LogP contribution in [0.15, 0.2) is 59.5 Å². The summed E-state index contributed by atoms with van der Waals surface area (Å²) in [7, 11) is -3.69. The second-order valence-corrected chi connectivity index (χ2v) is 10.4. The lowest BCUT2D eigenvalue weighted by Crippen LogP contribution is -2.49. The molecule has 3 aromatic rings. The monoisotopic (exact) mass is 469 g/mol. The molecule has 0 radical (unpaired) electrons. The molecule has 0 saturated carbocycles. The van der Waals surface area contributed by atoms with Crippen LogP contribution in [0.4, 0.5) is 4.39 Å². The Balaban J connectivity index is 1.42. The highest BCUT2D eigenvalue weighted by Crippen LogP contribution is 2.23. The quantitative estimate of drug-likeness (QED) is 0.516. The highest BCUT2D eigenvalue weighted by Gasteiger charge is 2.30. The van der Waals surface area contributed by atoms with Gasteiger partial charge in [0.15, 0.2) is 5.78 Å². The van der Waals surface area contributed by atoms with Crippen molar-refractivity contribution >= 4 is 15.8 Å². The number of aromatic nitrogens is 1. The number of benzene rings is 2. The predicted molar refractivity (Wildman–Crippen MR) is 126 cm³/mol. The van der Waals surface area contributed by atoms with Gasteiger partial charge in [0, 0.05) is 48.8 Å². The fraction of sp³-hybridized carbons (Fsp3) is 0.320. The van der Waals surface area contributed by atoms with Gasteiger partial charge in [-0.1, -0.05) is 18.2 Å². The number of sulfonamides is 1. The number of rotatable bonds is 6. The molecule has 0 N–H and O–H groups in total. The molecule has 0 unspecified atom stereocenters. The molecule has 2 heterocycles. The SMILES string of the molecule is Cc1cc(S(=O)(=O)N2CCN(CC(=O)c3cc(C)n(-c4ccccc4)c3C)CC2)ccc1F. The summed E-state index contributed by atoms with van der Waals surface area (Å²) in [5.41, 5.74) is 3.90. The van der Waals surface area contributed by atoms with Gasteiger partial charge in [-0.3, -0.25) is 9.69 Å². The molecule has 33 heavy (non-hydrogen) atoms. The molecule has 2 aromatic carbocycles. The van der Waals surface area contributed by atoms with Crippen molar-refractivity contribution in [3.05, 3.63) is 82.9 Å². The molecule has 1 saturated heterocycles. The lowest BCUT2D eigenvalue weighted by atomic mass is 10.1. The number of aryl methyl sites for hydroxylation is 2. The van der Waals surface area contributed by atoms with E-state index >= 15 is 0 Å². The van der Waals surface area contributed by atoms with Crippen molar-refractivity contribution < 1.29 is 17.6 Å². The Hall–Kier alpha value is -2.81. The Kier molecular flexibility index (Phi) is 6.52. The number of carbonyl (C=O) groups is 1. The second kappa shape index (κ2) is 9.21. The van der Waals surface area contributed by atoms with Crippen LogP contribution in [0.1, 0.15) is 27.3 Å². The van der Waals surface area contributed by atoms with E-state index in [0.717, 1.165) is 17.1 Å². The average molecular weight is 470 g/mol. The number of carbonyl (C=O) groups excluding carboxylic acids is 1. The molecule has 0 aliphatic carbocycles. The van der Waals surface area contributed by atoms with Gasteiger partial charge in [0.05, 0.1) is 11.4 Å². The van der Waals surface area contributed by atoms with Crippen LogP contribution in [0.25, 0.3) is 5.69 Å². The third kappa shape index (κ3) is 4.64. The van der Waals surface area contributed by atoms with E-state index in [2.05, 4.69) is 4.57 Å². The first-order valence-electron chi connectivity index (χ1n) is 10.9. The van der Waals surface area contributed by atoms with Crippen molar-refractivity contribution in [1.29, 1.82) is 0 Å². The van der Waals surface area contributed by atoms with Crippen molar-refractivity contribution in [3.63, 3.8) is 0 Å². The number of halogens is 1. The van der Waals surface area contributed by atoms with Crippen LogP contribution in [0.2, 0.25) is 0 Å². The molecule has 1 fully saturated rings. The molecule has 6 nitrogen and oxygen atoms in total. The molecule has 1 aliphatic rings. The van der Waals surface area contributed by atoms with Crippen molar-refractivity contribution in [2.45, 2.75) is 25.7 Å². The minimum Gasteiger partial charge on any atom is -0.318 e. The van der Waals surface area contributed by atoms with E-state index < -0.39 is 15.8 Å². The van der Waals surface area contributed by atoms with Gasteiger partial charge in [-0.05, 0) is 62.7 Å². The first-order chi connectivity index (χ1) is 15.7.